The molecule has 4 nitrogen and oxygen atoms in total. The second kappa shape index (κ2) is 5.36. The first kappa shape index (κ1) is 12.8. The fraction of sp³-hybridized carbons (Fsp3) is 0.923. The van der Waals surface area contributed by atoms with E-state index < -0.39 is 6.10 Å². The highest BCUT2D eigenvalue weighted by Gasteiger charge is 2.33. The Labute approximate surface area is 103 Å². The second-order valence-electron chi connectivity index (χ2n) is 5.83. The number of nitrogens with one attached hydrogen (secondary N) is 1. The molecule has 98 valence electrons. The van der Waals surface area contributed by atoms with Crippen LogP contribution in [0.4, 0.5) is 0 Å². The Kier molecular flexibility index (Phi) is 4.05. The van der Waals surface area contributed by atoms with Gasteiger partial charge in [-0.25, -0.2) is 0 Å². The molecule has 0 radical (unpaired) electrons. The van der Waals surface area contributed by atoms with Crippen LogP contribution in [0.5, 0.6) is 0 Å². The Bertz CT molecular complexity index is 272. The molecule has 2 unspecified atom stereocenters. The quantitative estimate of drug-likeness (QED) is 0.710. The number of aliphatic hydroxyl groups excluding tert-OH is 1. The summed E-state index contributed by atoms with van der Waals surface area (Å²) in [6.07, 6.45) is 3.33. The lowest BCUT2D eigenvalue weighted by molar-refractivity contribution is -0.154. The maximum atomic E-state index is 11.9. The molecular formula is C13H23NO3. The minimum absolute atomic E-state index is 0.0702. The number of aliphatic hydroxyl groups is 1. The maximum Gasteiger partial charge on any atom is 0.323 e. The van der Waals surface area contributed by atoms with Crippen LogP contribution in [-0.4, -0.2) is 35.9 Å². The van der Waals surface area contributed by atoms with E-state index in [0.717, 1.165) is 12.8 Å². The number of hydrogen-bond acceptors (Lipinski definition) is 4. The topological polar surface area (TPSA) is 58.6 Å². The van der Waals surface area contributed by atoms with Gasteiger partial charge in [-0.3, -0.25) is 4.79 Å². The van der Waals surface area contributed by atoms with Gasteiger partial charge in [0.1, 0.15) is 12.1 Å². The van der Waals surface area contributed by atoms with Crippen molar-refractivity contribution < 1.29 is 14.6 Å². The first-order chi connectivity index (χ1) is 8.04. The molecule has 1 saturated heterocycles. The molecule has 17 heavy (non-hydrogen) atoms. The van der Waals surface area contributed by atoms with Gasteiger partial charge in [0.2, 0.25) is 0 Å². The third-order valence-corrected chi connectivity index (χ3v) is 3.81. The molecule has 4 atom stereocenters. The third kappa shape index (κ3) is 3.42. The summed E-state index contributed by atoms with van der Waals surface area (Å²) >= 11 is 0. The molecule has 0 aromatic carbocycles. The number of rotatable bonds is 2. The number of carbonyl (C=O) groups excluding carboxylic acids is 1. The summed E-state index contributed by atoms with van der Waals surface area (Å²) in [7, 11) is 0. The fourth-order valence-corrected chi connectivity index (χ4v) is 3.11. The standard InChI is InChI=1S/C13H23NO3/c1-8-3-9(2)5-11(4-8)17-13(16)12-6-10(15)7-14-12/h8-12,14-15H,3-7H2,1-2H3/t8?,9?,10-,11?,12-/m0/s1. The largest absolute Gasteiger partial charge is 0.461 e. The van der Waals surface area contributed by atoms with E-state index in [1.54, 1.807) is 0 Å². The Hall–Kier alpha value is -0.610. The van der Waals surface area contributed by atoms with Crippen LogP contribution in [0.3, 0.4) is 0 Å². The second-order valence-corrected chi connectivity index (χ2v) is 5.83. The molecule has 2 fully saturated rings. The molecule has 0 bridgehead atoms. The van der Waals surface area contributed by atoms with Gasteiger partial charge in [-0.05, 0) is 31.1 Å². The van der Waals surface area contributed by atoms with E-state index in [9.17, 15) is 9.90 Å². The van der Waals surface area contributed by atoms with Gasteiger partial charge >= 0.3 is 5.97 Å². The Morgan fingerprint density at radius 1 is 1.18 bits per heavy atom. The van der Waals surface area contributed by atoms with Gasteiger partial charge in [0.15, 0.2) is 0 Å². The van der Waals surface area contributed by atoms with E-state index in [1.165, 1.54) is 6.42 Å². The summed E-state index contributed by atoms with van der Waals surface area (Å²) in [5.41, 5.74) is 0. The van der Waals surface area contributed by atoms with Crippen molar-refractivity contribution in [2.75, 3.05) is 6.54 Å². The molecule has 2 aliphatic rings. The SMILES string of the molecule is CC1CC(C)CC(OC(=O)[C@@H]2C[C@H](O)CN2)C1. The predicted octanol–water partition coefficient (Wildman–Crippen LogP) is 1.08. The minimum atomic E-state index is -0.406. The van der Waals surface area contributed by atoms with E-state index in [0.29, 0.717) is 24.8 Å². The van der Waals surface area contributed by atoms with E-state index in [-0.39, 0.29) is 18.1 Å². The Morgan fingerprint density at radius 3 is 2.35 bits per heavy atom. The van der Waals surface area contributed by atoms with Crippen molar-refractivity contribution in [1.29, 1.82) is 0 Å². The molecule has 4 heteroatoms. The molecule has 0 aromatic rings. The fourth-order valence-electron chi connectivity index (χ4n) is 3.11. The van der Waals surface area contributed by atoms with Gasteiger partial charge in [-0.1, -0.05) is 13.8 Å². The molecule has 1 aliphatic carbocycles. The molecule has 0 aromatic heterocycles. The van der Waals surface area contributed by atoms with Crippen molar-refractivity contribution >= 4 is 5.97 Å². The zero-order valence-electron chi connectivity index (χ0n) is 10.7. The van der Waals surface area contributed by atoms with Gasteiger partial charge in [-0.2, -0.15) is 0 Å². The number of esters is 1. The van der Waals surface area contributed by atoms with Gasteiger partial charge in [0, 0.05) is 13.0 Å². The first-order valence-electron chi connectivity index (χ1n) is 6.66. The summed E-state index contributed by atoms with van der Waals surface area (Å²) in [6.45, 7) is 4.93. The van der Waals surface area contributed by atoms with E-state index in [2.05, 4.69) is 19.2 Å². The maximum absolute atomic E-state index is 11.9. The number of hydrogen-bond donors (Lipinski definition) is 2. The van der Waals surface area contributed by atoms with Crippen LogP contribution in [0.25, 0.3) is 0 Å². The Morgan fingerprint density at radius 2 is 1.82 bits per heavy atom. The summed E-state index contributed by atoms with van der Waals surface area (Å²) in [5, 5.41) is 12.4. The first-order valence-corrected chi connectivity index (χ1v) is 6.66. The summed E-state index contributed by atoms with van der Waals surface area (Å²) in [5.74, 6) is 1.09. The van der Waals surface area contributed by atoms with Crippen molar-refractivity contribution in [2.24, 2.45) is 11.8 Å². The molecule has 1 saturated carbocycles. The predicted molar refractivity (Wildman–Crippen MR) is 64.5 cm³/mol. The van der Waals surface area contributed by atoms with Crippen molar-refractivity contribution in [3.63, 3.8) is 0 Å². The van der Waals surface area contributed by atoms with Gasteiger partial charge in [0.05, 0.1) is 6.10 Å². The highest BCUT2D eigenvalue weighted by molar-refractivity contribution is 5.76. The van der Waals surface area contributed by atoms with Gasteiger partial charge in [-0.15, -0.1) is 0 Å². The lowest BCUT2D eigenvalue weighted by Crippen LogP contribution is -2.37. The van der Waals surface area contributed by atoms with Crippen LogP contribution in [-0.2, 0) is 9.53 Å². The van der Waals surface area contributed by atoms with Crippen LogP contribution in [0.1, 0.15) is 39.5 Å². The van der Waals surface area contributed by atoms with Crippen LogP contribution in [0.15, 0.2) is 0 Å². The molecule has 0 spiro atoms. The zero-order chi connectivity index (χ0) is 12.4. The highest BCUT2D eigenvalue weighted by atomic mass is 16.5. The number of carbonyl (C=O) groups is 1. The monoisotopic (exact) mass is 241 g/mol. The highest BCUT2D eigenvalue weighted by Crippen LogP contribution is 2.30. The average Bonchev–Trinajstić information content (AvgIpc) is 2.63. The van der Waals surface area contributed by atoms with Crippen molar-refractivity contribution in [3.05, 3.63) is 0 Å². The third-order valence-electron chi connectivity index (χ3n) is 3.81. The summed E-state index contributed by atoms with van der Waals surface area (Å²) in [4.78, 5) is 11.9. The minimum Gasteiger partial charge on any atom is -0.461 e. The molecular weight excluding hydrogens is 218 g/mol. The molecule has 2 rings (SSSR count). The van der Waals surface area contributed by atoms with Crippen molar-refractivity contribution in [2.45, 2.75) is 57.8 Å². The van der Waals surface area contributed by atoms with E-state index in [4.69, 9.17) is 4.74 Å². The lowest BCUT2D eigenvalue weighted by atomic mass is 9.82. The smallest absolute Gasteiger partial charge is 0.323 e. The molecule has 2 N–H and O–H groups in total. The number of ether oxygens (including phenoxy) is 1. The van der Waals surface area contributed by atoms with Crippen LogP contribution in [0, 0.1) is 11.8 Å². The molecule has 0 amide bonds. The van der Waals surface area contributed by atoms with Crippen molar-refractivity contribution in [3.8, 4) is 0 Å². The van der Waals surface area contributed by atoms with Crippen molar-refractivity contribution in [1.82, 2.24) is 5.32 Å². The van der Waals surface area contributed by atoms with E-state index in [1.807, 2.05) is 0 Å². The van der Waals surface area contributed by atoms with Gasteiger partial charge in [0.25, 0.3) is 0 Å². The van der Waals surface area contributed by atoms with Crippen LogP contribution >= 0.6 is 0 Å². The summed E-state index contributed by atoms with van der Waals surface area (Å²) in [6, 6.07) is -0.308. The Balaban J connectivity index is 1.81. The molecule has 1 heterocycles. The van der Waals surface area contributed by atoms with Gasteiger partial charge < -0.3 is 15.2 Å². The van der Waals surface area contributed by atoms with Crippen LogP contribution in [0.2, 0.25) is 0 Å². The summed E-state index contributed by atoms with van der Waals surface area (Å²) < 4.78 is 5.55. The lowest BCUT2D eigenvalue weighted by Gasteiger charge is -2.31. The van der Waals surface area contributed by atoms with E-state index >= 15 is 0 Å². The average molecular weight is 241 g/mol. The zero-order valence-corrected chi connectivity index (χ0v) is 10.7. The number of β-amino-alcohol motifs (C(OH)–C–C–N with tert-alkyl or cyclic N) is 1. The normalized spacial score (nSPS) is 42.4. The van der Waals surface area contributed by atoms with Crippen LogP contribution < -0.4 is 5.32 Å². The molecule has 1 aliphatic heterocycles.